The van der Waals surface area contributed by atoms with Gasteiger partial charge in [-0.3, -0.25) is 9.59 Å². The van der Waals surface area contributed by atoms with Gasteiger partial charge in [0.15, 0.2) is 9.84 Å². The second-order valence-electron chi connectivity index (χ2n) is 5.32. The maximum absolute atomic E-state index is 11.5. The lowest BCUT2D eigenvalue weighted by Gasteiger charge is -2.17. The van der Waals surface area contributed by atoms with Gasteiger partial charge in [-0.1, -0.05) is 6.07 Å². The van der Waals surface area contributed by atoms with E-state index in [0.717, 1.165) is 0 Å². The largest absolute Gasteiger partial charge is 0.388 e. The lowest BCUT2D eigenvalue weighted by molar-refractivity contribution is 0.121. The first-order chi connectivity index (χ1) is 9.85. The zero-order chi connectivity index (χ0) is 15.2. The molecular weight excluding hydrogens is 296 g/mol. The van der Waals surface area contributed by atoms with Crippen molar-refractivity contribution in [1.29, 1.82) is 0 Å². The summed E-state index contributed by atoms with van der Waals surface area (Å²) in [6.45, 7) is 0. The first kappa shape index (κ1) is 14.0. The molecule has 3 N–H and O–H groups in total. The molecule has 0 saturated carbocycles. The molecule has 1 fully saturated rings. The van der Waals surface area contributed by atoms with Crippen molar-refractivity contribution in [2.24, 2.45) is 5.92 Å². The van der Waals surface area contributed by atoms with Crippen LogP contribution in [0.2, 0.25) is 0 Å². The molecule has 21 heavy (non-hydrogen) atoms. The highest BCUT2D eigenvalue weighted by molar-refractivity contribution is 7.91. The van der Waals surface area contributed by atoms with E-state index in [0.29, 0.717) is 23.0 Å². The van der Waals surface area contributed by atoms with Crippen molar-refractivity contribution in [3.8, 4) is 0 Å². The molecule has 112 valence electrons. The van der Waals surface area contributed by atoms with Gasteiger partial charge >= 0.3 is 11.1 Å². The van der Waals surface area contributed by atoms with E-state index in [1.165, 1.54) is 0 Å². The van der Waals surface area contributed by atoms with Crippen molar-refractivity contribution in [3.05, 3.63) is 44.5 Å². The van der Waals surface area contributed by atoms with Crippen LogP contribution in [0.1, 0.15) is 18.1 Å². The Bertz CT molecular complexity index is 912. The second-order valence-corrected chi connectivity index (χ2v) is 7.55. The molecule has 2 heterocycles. The summed E-state index contributed by atoms with van der Waals surface area (Å²) in [6.07, 6.45) is -0.494. The summed E-state index contributed by atoms with van der Waals surface area (Å²) < 4.78 is 22.9. The van der Waals surface area contributed by atoms with E-state index >= 15 is 0 Å². The summed E-state index contributed by atoms with van der Waals surface area (Å²) in [6, 6.07) is 4.75. The number of aliphatic hydroxyl groups is 1. The van der Waals surface area contributed by atoms with Gasteiger partial charge in [0.25, 0.3) is 0 Å². The van der Waals surface area contributed by atoms with Gasteiger partial charge in [0.05, 0.1) is 28.6 Å². The molecule has 2 aromatic rings. The average molecular weight is 310 g/mol. The van der Waals surface area contributed by atoms with Gasteiger partial charge in [0.1, 0.15) is 0 Å². The summed E-state index contributed by atoms with van der Waals surface area (Å²) in [5, 5.41) is 10.3. The van der Waals surface area contributed by atoms with E-state index in [9.17, 15) is 23.1 Å². The smallest absolute Gasteiger partial charge is 0.314 e. The Morgan fingerprint density at radius 3 is 2.43 bits per heavy atom. The van der Waals surface area contributed by atoms with Crippen molar-refractivity contribution in [2.45, 2.75) is 12.5 Å². The van der Waals surface area contributed by atoms with Gasteiger partial charge in [-0.25, -0.2) is 8.42 Å². The normalized spacial score (nSPS) is 22.4. The number of H-pyrrole nitrogens is 2. The van der Waals surface area contributed by atoms with Crippen LogP contribution in [0.15, 0.2) is 27.8 Å². The number of sulfone groups is 1. The maximum Gasteiger partial charge on any atom is 0.314 e. The molecule has 0 amide bonds. The van der Waals surface area contributed by atoms with E-state index in [-0.39, 0.29) is 17.4 Å². The molecule has 0 spiro atoms. The lowest BCUT2D eigenvalue weighted by atomic mass is 9.95. The zero-order valence-electron chi connectivity index (χ0n) is 11.0. The van der Waals surface area contributed by atoms with Gasteiger partial charge in [0, 0.05) is 5.92 Å². The number of aromatic amines is 2. The fraction of sp³-hybridized carbons (Fsp3) is 0.385. The Morgan fingerprint density at radius 1 is 1.14 bits per heavy atom. The molecule has 0 bridgehead atoms. The lowest BCUT2D eigenvalue weighted by Crippen LogP contribution is -2.29. The Hall–Kier alpha value is -1.93. The van der Waals surface area contributed by atoms with Gasteiger partial charge in [-0.2, -0.15) is 0 Å². The van der Waals surface area contributed by atoms with Gasteiger partial charge in [-0.05, 0) is 24.1 Å². The molecule has 1 aliphatic rings. The summed E-state index contributed by atoms with van der Waals surface area (Å²) in [4.78, 5) is 27.4. The predicted octanol–water partition coefficient (Wildman–Crippen LogP) is -0.316. The maximum atomic E-state index is 11.5. The van der Waals surface area contributed by atoms with Crippen LogP contribution in [0.3, 0.4) is 0 Å². The first-order valence-corrected chi connectivity index (χ1v) is 8.33. The van der Waals surface area contributed by atoms with Crippen molar-refractivity contribution >= 4 is 20.9 Å². The van der Waals surface area contributed by atoms with Crippen LogP contribution in [0, 0.1) is 5.92 Å². The second kappa shape index (κ2) is 4.81. The molecule has 1 aliphatic heterocycles. The third-order valence-corrected chi connectivity index (χ3v) is 5.60. The van der Waals surface area contributed by atoms with Crippen molar-refractivity contribution < 1.29 is 13.5 Å². The molecule has 1 aromatic heterocycles. The van der Waals surface area contributed by atoms with Crippen molar-refractivity contribution in [1.82, 2.24) is 9.97 Å². The zero-order valence-corrected chi connectivity index (χ0v) is 11.8. The molecule has 1 saturated heterocycles. The molecule has 8 heteroatoms. The number of nitrogens with one attached hydrogen (secondary N) is 2. The number of fused-ring (bicyclic) bond motifs is 1. The number of hydrogen-bond acceptors (Lipinski definition) is 5. The monoisotopic (exact) mass is 310 g/mol. The third-order valence-electron chi connectivity index (χ3n) is 3.80. The van der Waals surface area contributed by atoms with E-state index in [1.54, 1.807) is 18.2 Å². The first-order valence-electron chi connectivity index (χ1n) is 6.50. The Kier molecular flexibility index (Phi) is 3.22. The van der Waals surface area contributed by atoms with E-state index in [4.69, 9.17) is 0 Å². The summed E-state index contributed by atoms with van der Waals surface area (Å²) in [7, 11) is -3.07. The molecule has 2 atom stereocenters. The van der Waals surface area contributed by atoms with Crippen LogP contribution in [0.4, 0.5) is 0 Å². The van der Waals surface area contributed by atoms with E-state index in [2.05, 4.69) is 9.97 Å². The SMILES string of the molecule is O=c1[nH]c2ccc(C(O)C3CCS(=O)(=O)C3)cc2[nH]c1=O. The van der Waals surface area contributed by atoms with Crippen LogP contribution in [-0.4, -0.2) is 35.0 Å². The van der Waals surface area contributed by atoms with Crippen molar-refractivity contribution in [2.75, 3.05) is 11.5 Å². The number of benzene rings is 1. The Morgan fingerprint density at radius 2 is 1.81 bits per heavy atom. The summed E-state index contributed by atoms with van der Waals surface area (Å²) in [5.74, 6) is -0.289. The van der Waals surface area contributed by atoms with Crippen LogP contribution >= 0.6 is 0 Å². The van der Waals surface area contributed by atoms with Crippen LogP contribution < -0.4 is 11.1 Å². The highest BCUT2D eigenvalue weighted by atomic mass is 32.2. The molecule has 1 aromatic carbocycles. The number of rotatable bonds is 2. The average Bonchev–Trinajstić information content (AvgIpc) is 2.79. The summed E-state index contributed by atoms with van der Waals surface area (Å²) in [5.41, 5.74) is -0.130. The van der Waals surface area contributed by atoms with Gasteiger partial charge in [-0.15, -0.1) is 0 Å². The molecular formula is C13H14N2O5S. The molecule has 0 radical (unpaired) electrons. The standard InChI is InChI=1S/C13H14N2O5S/c16-11(8-3-4-21(19,20)6-8)7-1-2-9-10(5-7)15-13(18)12(17)14-9/h1-2,5,8,11,16H,3-4,6H2,(H,14,17)(H,15,18). The van der Waals surface area contributed by atoms with Gasteiger partial charge in [0.2, 0.25) is 0 Å². The highest BCUT2D eigenvalue weighted by Gasteiger charge is 2.33. The topological polar surface area (TPSA) is 120 Å². The minimum atomic E-state index is -3.07. The Labute approximate surface area is 119 Å². The fourth-order valence-electron chi connectivity index (χ4n) is 2.66. The number of aliphatic hydroxyl groups excluding tert-OH is 1. The molecule has 2 unspecified atom stereocenters. The Balaban J connectivity index is 1.99. The minimum absolute atomic E-state index is 0.0334. The molecule has 0 aliphatic carbocycles. The number of hydrogen-bond donors (Lipinski definition) is 3. The van der Waals surface area contributed by atoms with Gasteiger partial charge < -0.3 is 15.1 Å². The highest BCUT2D eigenvalue weighted by Crippen LogP contribution is 2.31. The minimum Gasteiger partial charge on any atom is -0.388 e. The quantitative estimate of drug-likeness (QED) is 0.657. The third kappa shape index (κ3) is 2.64. The van der Waals surface area contributed by atoms with Crippen molar-refractivity contribution in [3.63, 3.8) is 0 Å². The van der Waals surface area contributed by atoms with Crippen LogP contribution in [0.25, 0.3) is 11.0 Å². The molecule has 7 nitrogen and oxygen atoms in total. The summed E-state index contributed by atoms with van der Waals surface area (Å²) >= 11 is 0. The predicted molar refractivity (Wildman–Crippen MR) is 76.9 cm³/mol. The van der Waals surface area contributed by atoms with E-state index in [1.807, 2.05) is 0 Å². The van der Waals surface area contributed by atoms with E-state index < -0.39 is 27.1 Å². The fourth-order valence-corrected chi connectivity index (χ4v) is 4.49. The molecule has 3 rings (SSSR count). The number of aromatic nitrogens is 2. The van der Waals surface area contributed by atoms with Crippen LogP contribution in [0.5, 0.6) is 0 Å². The van der Waals surface area contributed by atoms with Crippen LogP contribution in [-0.2, 0) is 9.84 Å².